The van der Waals surface area contributed by atoms with E-state index < -0.39 is 0 Å². The molecule has 2 aliphatic rings. The molecule has 1 atom stereocenters. The summed E-state index contributed by atoms with van der Waals surface area (Å²) in [6.07, 6.45) is 11.4. The van der Waals surface area contributed by atoms with Gasteiger partial charge in [0, 0.05) is 5.92 Å². The maximum atomic E-state index is 5.49. The molecule has 1 unspecified atom stereocenters. The Hall–Kier alpha value is -0.900. The van der Waals surface area contributed by atoms with Gasteiger partial charge in [-0.1, -0.05) is 37.3 Å². The van der Waals surface area contributed by atoms with Crippen molar-refractivity contribution < 1.29 is 4.52 Å². The van der Waals surface area contributed by atoms with Gasteiger partial charge in [0.2, 0.25) is 5.89 Å². The average molecular weight is 249 g/mol. The Balaban J connectivity index is 1.67. The van der Waals surface area contributed by atoms with Crippen LogP contribution in [0.2, 0.25) is 0 Å². The third-order valence-corrected chi connectivity index (χ3v) is 4.29. The molecule has 3 rings (SSSR count). The van der Waals surface area contributed by atoms with Gasteiger partial charge >= 0.3 is 0 Å². The maximum absolute atomic E-state index is 5.49. The van der Waals surface area contributed by atoms with Crippen molar-refractivity contribution in [2.75, 3.05) is 6.54 Å². The molecule has 0 radical (unpaired) electrons. The van der Waals surface area contributed by atoms with Gasteiger partial charge in [-0.05, 0) is 32.2 Å². The summed E-state index contributed by atoms with van der Waals surface area (Å²) in [7, 11) is 0. The monoisotopic (exact) mass is 249 g/mol. The molecule has 2 fully saturated rings. The number of nitrogens with one attached hydrogen (secondary N) is 1. The second-order valence-electron chi connectivity index (χ2n) is 5.68. The minimum absolute atomic E-state index is 0.289. The summed E-state index contributed by atoms with van der Waals surface area (Å²) in [6.45, 7) is 1.08. The van der Waals surface area contributed by atoms with E-state index in [1.807, 2.05) is 0 Å². The lowest BCUT2D eigenvalue weighted by atomic mass is 9.89. The summed E-state index contributed by atoms with van der Waals surface area (Å²) in [4.78, 5) is 4.66. The van der Waals surface area contributed by atoms with Crippen molar-refractivity contribution in [1.29, 1.82) is 0 Å². The molecular weight excluding hydrogens is 226 g/mol. The first-order valence-corrected chi connectivity index (χ1v) is 7.50. The largest absolute Gasteiger partial charge is 0.338 e. The molecule has 1 aliphatic heterocycles. The number of hydrogen-bond donors (Lipinski definition) is 1. The fourth-order valence-corrected chi connectivity index (χ4v) is 3.15. The van der Waals surface area contributed by atoms with Crippen molar-refractivity contribution in [3.8, 4) is 0 Å². The van der Waals surface area contributed by atoms with Crippen molar-refractivity contribution >= 4 is 0 Å². The van der Waals surface area contributed by atoms with E-state index in [-0.39, 0.29) is 6.04 Å². The average Bonchev–Trinajstić information content (AvgIpc) is 2.76. The normalized spacial score (nSPS) is 27.0. The highest BCUT2D eigenvalue weighted by molar-refractivity contribution is 5.00. The summed E-state index contributed by atoms with van der Waals surface area (Å²) in [5.41, 5.74) is 0. The Morgan fingerprint density at radius 3 is 2.61 bits per heavy atom. The van der Waals surface area contributed by atoms with Gasteiger partial charge in [0.25, 0.3) is 0 Å². The highest BCUT2D eigenvalue weighted by Gasteiger charge is 2.24. The van der Waals surface area contributed by atoms with Gasteiger partial charge < -0.3 is 9.84 Å². The summed E-state index contributed by atoms with van der Waals surface area (Å²) in [5.74, 6) is 2.32. The van der Waals surface area contributed by atoms with Gasteiger partial charge in [0.05, 0.1) is 6.04 Å². The Labute approximate surface area is 109 Å². The van der Waals surface area contributed by atoms with Gasteiger partial charge in [-0.25, -0.2) is 0 Å². The van der Waals surface area contributed by atoms with Crippen LogP contribution in [-0.4, -0.2) is 16.7 Å². The molecule has 18 heavy (non-hydrogen) atoms. The Bertz CT molecular complexity index is 363. The molecule has 0 aromatic carbocycles. The quantitative estimate of drug-likeness (QED) is 0.873. The minimum atomic E-state index is 0.289. The molecule has 0 spiro atoms. The molecule has 4 heteroatoms. The van der Waals surface area contributed by atoms with Crippen LogP contribution >= 0.6 is 0 Å². The Morgan fingerprint density at radius 2 is 1.72 bits per heavy atom. The van der Waals surface area contributed by atoms with Crippen molar-refractivity contribution in [2.24, 2.45) is 0 Å². The highest BCUT2D eigenvalue weighted by Crippen LogP contribution is 2.32. The summed E-state index contributed by atoms with van der Waals surface area (Å²) in [5, 5.41) is 7.74. The van der Waals surface area contributed by atoms with Gasteiger partial charge in [-0.3, -0.25) is 0 Å². The fourth-order valence-electron chi connectivity index (χ4n) is 3.15. The standard InChI is InChI=1S/C14H23N3O/c1-3-7-11(8-4-1)13-16-14(18-17-13)12-9-5-2-6-10-15-12/h11-12,15H,1-10H2. The number of nitrogens with zero attached hydrogens (tertiary/aromatic N) is 2. The molecule has 1 aromatic rings. The molecule has 1 aromatic heterocycles. The molecular formula is C14H23N3O. The van der Waals surface area contributed by atoms with E-state index in [1.54, 1.807) is 0 Å². The molecule has 0 amide bonds. The number of aromatic nitrogens is 2. The van der Waals surface area contributed by atoms with Gasteiger partial charge in [0.15, 0.2) is 5.82 Å². The highest BCUT2D eigenvalue weighted by atomic mass is 16.5. The second kappa shape index (κ2) is 5.83. The topological polar surface area (TPSA) is 51.0 Å². The summed E-state index contributed by atoms with van der Waals surface area (Å²) >= 11 is 0. The summed E-state index contributed by atoms with van der Waals surface area (Å²) < 4.78 is 5.49. The fraction of sp³-hybridized carbons (Fsp3) is 0.857. The zero-order chi connectivity index (χ0) is 12.2. The molecule has 1 saturated heterocycles. The Morgan fingerprint density at radius 1 is 0.944 bits per heavy atom. The van der Waals surface area contributed by atoms with Crippen molar-refractivity contribution in [3.05, 3.63) is 11.7 Å². The van der Waals surface area contributed by atoms with Crippen molar-refractivity contribution in [1.82, 2.24) is 15.5 Å². The predicted octanol–water partition coefficient (Wildman–Crippen LogP) is 3.32. The van der Waals surface area contributed by atoms with Gasteiger partial charge in [-0.15, -0.1) is 0 Å². The first-order chi connectivity index (χ1) is 8.93. The van der Waals surface area contributed by atoms with E-state index in [9.17, 15) is 0 Å². The lowest BCUT2D eigenvalue weighted by molar-refractivity contribution is 0.319. The van der Waals surface area contributed by atoms with E-state index in [1.165, 1.54) is 51.4 Å². The van der Waals surface area contributed by atoms with E-state index in [0.717, 1.165) is 24.7 Å². The van der Waals surface area contributed by atoms with Crippen molar-refractivity contribution in [3.63, 3.8) is 0 Å². The van der Waals surface area contributed by atoms with Crippen LogP contribution < -0.4 is 5.32 Å². The molecule has 1 N–H and O–H groups in total. The van der Waals surface area contributed by atoms with Crippen LogP contribution in [0.4, 0.5) is 0 Å². The lowest BCUT2D eigenvalue weighted by Crippen LogP contribution is -2.20. The smallest absolute Gasteiger partial charge is 0.243 e. The van der Waals surface area contributed by atoms with E-state index >= 15 is 0 Å². The van der Waals surface area contributed by atoms with Crippen LogP contribution in [0.15, 0.2) is 4.52 Å². The molecule has 0 bridgehead atoms. The van der Waals surface area contributed by atoms with Crippen LogP contribution in [0, 0.1) is 0 Å². The van der Waals surface area contributed by atoms with Gasteiger partial charge in [-0.2, -0.15) is 4.98 Å². The van der Waals surface area contributed by atoms with E-state index in [0.29, 0.717) is 5.92 Å². The minimum Gasteiger partial charge on any atom is -0.338 e. The predicted molar refractivity (Wildman–Crippen MR) is 69.3 cm³/mol. The van der Waals surface area contributed by atoms with Crippen LogP contribution in [0.25, 0.3) is 0 Å². The number of rotatable bonds is 2. The molecule has 1 saturated carbocycles. The zero-order valence-corrected chi connectivity index (χ0v) is 11.0. The molecule has 4 nitrogen and oxygen atoms in total. The molecule has 100 valence electrons. The zero-order valence-electron chi connectivity index (χ0n) is 11.0. The molecule has 1 aliphatic carbocycles. The lowest BCUT2D eigenvalue weighted by Gasteiger charge is -2.17. The first-order valence-electron chi connectivity index (χ1n) is 7.50. The van der Waals surface area contributed by atoms with Gasteiger partial charge in [0.1, 0.15) is 0 Å². The molecule has 2 heterocycles. The van der Waals surface area contributed by atoms with Crippen LogP contribution in [0.3, 0.4) is 0 Å². The summed E-state index contributed by atoms with van der Waals surface area (Å²) in [6, 6.07) is 0.289. The third kappa shape index (κ3) is 2.74. The first kappa shape index (κ1) is 12.2. The Kier molecular flexibility index (Phi) is 3.93. The number of hydrogen-bond acceptors (Lipinski definition) is 4. The van der Waals surface area contributed by atoms with E-state index in [2.05, 4.69) is 15.5 Å². The van der Waals surface area contributed by atoms with Crippen LogP contribution in [-0.2, 0) is 0 Å². The second-order valence-corrected chi connectivity index (χ2v) is 5.68. The SMILES string of the molecule is C1CCC(c2noc(C3CCCCCN3)n2)CC1. The maximum Gasteiger partial charge on any atom is 0.243 e. The van der Waals surface area contributed by atoms with Crippen LogP contribution in [0.1, 0.15) is 81.5 Å². The van der Waals surface area contributed by atoms with E-state index in [4.69, 9.17) is 4.52 Å². The van der Waals surface area contributed by atoms with Crippen LogP contribution in [0.5, 0.6) is 0 Å². The van der Waals surface area contributed by atoms with Crippen molar-refractivity contribution in [2.45, 2.75) is 69.7 Å². The third-order valence-electron chi connectivity index (χ3n) is 4.29.